The molecule has 3 aromatic rings. The monoisotopic (exact) mass is 504 g/mol. The van der Waals surface area contributed by atoms with Crippen LogP contribution in [0.1, 0.15) is 54.6 Å². The number of fused-ring (bicyclic) bond motifs is 2. The number of hydrogen-bond acceptors (Lipinski definition) is 5. The largest absolute Gasteiger partial charge is 0.487 e. The zero-order valence-corrected chi connectivity index (χ0v) is 21.7. The molecule has 0 aliphatic carbocycles. The zero-order chi connectivity index (χ0) is 25.1. The fraction of sp³-hybridized carbons (Fsp3) is 0.367. The van der Waals surface area contributed by atoms with Crippen molar-refractivity contribution in [1.29, 1.82) is 0 Å². The molecule has 0 bridgehead atoms. The minimum atomic E-state index is -0.930. The minimum absolute atomic E-state index is 0.250. The van der Waals surface area contributed by atoms with Gasteiger partial charge in [-0.15, -0.1) is 0 Å². The Morgan fingerprint density at radius 1 is 1.17 bits per heavy atom. The molecule has 0 radical (unpaired) electrons. The van der Waals surface area contributed by atoms with Crippen LogP contribution >= 0.6 is 11.6 Å². The summed E-state index contributed by atoms with van der Waals surface area (Å²) in [5.74, 6) is 0.823. The van der Waals surface area contributed by atoms with Crippen LogP contribution < -0.4 is 4.74 Å². The van der Waals surface area contributed by atoms with Crippen molar-refractivity contribution in [2.75, 3.05) is 19.6 Å². The van der Waals surface area contributed by atoms with Gasteiger partial charge in [0.15, 0.2) is 0 Å². The summed E-state index contributed by atoms with van der Waals surface area (Å²) in [7, 11) is 0. The number of benzene rings is 2. The van der Waals surface area contributed by atoms with Gasteiger partial charge in [-0.3, -0.25) is 4.98 Å². The second-order valence-corrected chi connectivity index (χ2v) is 10.5. The SMILES string of the molecule is CC(C)(O)c1ccc2c(c1)/C(=C/CCN1CC[C@@H](OCc3ccc(Cl)cc3)C1)c1cccnc1CO2. The second-order valence-electron chi connectivity index (χ2n) is 10.1. The molecular formula is C30H33ClN2O3. The molecule has 0 unspecified atom stereocenters. The van der Waals surface area contributed by atoms with E-state index >= 15 is 0 Å². The van der Waals surface area contributed by atoms with Gasteiger partial charge in [-0.1, -0.05) is 41.9 Å². The van der Waals surface area contributed by atoms with Crippen molar-refractivity contribution < 1.29 is 14.6 Å². The van der Waals surface area contributed by atoms with Crippen molar-refractivity contribution in [3.05, 3.63) is 99.8 Å². The Bertz CT molecular complexity index is 1230. The fourth-order valence-corrected chi connectivity index (χ4v) is 5.00. The van der Waals surface area contributed by atoms with Gasteiger partial charge in [-0.25, -0.2) is 0 Å². The van der Waals surface area contributed by atoms with Gasteiger partial charge in [0.25, 0.3) is 0 Å². The van der Waals surface area contributed by atoms with Gasteiger partial charge >= 0.3 is 0 Å². The van der Waals surface area contributed by atoms with E-state index in [0.29, 0.717) is 13.2 Å². The van der Waals surface area contributed by atoms with Crippen molar-refractivity contribution in [2.45, 2.75) is 51.6 Å². The normalized spacial score (nSPS) is 19.0. The lowest BCUT2D eigenvalue weighted by atomic mass is 9.90. The summed E-state index contributed by atoms with van der Waals surface area (Å²) in [5.41, 5.74) is 5.23. The van der Waals surface area contributed by atoms with Gasteiger partial charge in [0.2, 0.25) is 0 Å². The first-order chi connectivity index (χ1) is 17.4. The Balaban J connectivity index is 1.28. The molecule has 6 heteroatoms. The summed E-state index contributed by atoms with van der Waals surface area (Å²) in [6.07, 6.45) is 6.30. The van der Waals surface area contributed by atoms with E-state index in [9.17, 15) is 5.11 Å². The number of halogens is 1. The minimum Gasteiger partial charge on any atom is -0.487 e. The molecule has 1 N–H and O–H groups in total. The summed E-state index contributed by atoms with van der Waals surface area (Å²) < 4.78 is 12.3. The number of aromatic nitrogens is 1. The molecule has 5 rings (SSSR count). The van der Waals surface area contributed by atoms with Crippen LogP contribution in [-0.2, 0) is 23.6 Å². The van der Waals surface area contributed by atoms with Crippen molar-refractivity contribution in [2.24, 2.45) is 0 Å². The fourth-order valence-electron chi connectivity index (χ4n) is 4.88. The lowest BCUT2D eigenvalue weighted by Crippen LogP contribution is -2.24. The van der Waals surface area contributed by atoms with Crippen LogP contribution in [-0.4, -0.2) is 40.7 Å². The number of aliphatic hydroxyl groups is 1. The van der Waals surface area contributed by atoms with E-state index in [4.69, 9.17) is 21.1 Å². The Morgan fingerprint density at radius 2 is 2.00 bits per heavy atom. The predicted molar refractivity (Wildman–Crippen MR) is 143 cm³/mol. The maximum Gasteiger partial charge on any atom is 0.131 e. The van der Waals surface area contributed by atoms with Crippen LogP contribution in [0.15, 0.2) is 66.9 Å². The topological polar surface area (TPSA) is 54.8 Å². The molecule has 3 heterocycles. The Labute approximate surface area is 218 Å². The maximum atomic E-state index is 10.6. The number of hydrogen-bond donors (Lipinski definition) is 1. The third-order valence-electron chi connectivity index (χ3n) is 6.94. The summed E-state index contributed by atoms with van der Waals surface area (Å²) in [5, 5.41) is 11.4. The molecule has 0 amide bonds. The van der Waals surface area contributed by atoms with Gasteiger partial charge in [0, 0.05) is 42.0 Å². The van der Waals surface area contributed by atoms with Gasteiger partial charge in [-0.2, -0.15) is 0 Å². The van der Waals surface area contributed by atoms with E-state index in [2.05, 4.69) is 28.1 Å². The van der Waals surface area contributed by atoms with Crippen LogP contribution in [0.4, 0.5) is 0 Å². The smallest absolute Gasteiger partial charge is 0.131 e. The highest BCUT2D eigenvalue weighted by Gasteiger charge is 2.25. The Kier molecular flexibility index (Phi) is 7.44. The van der Waals surface area contributed by atoms with Crippen LogP contribution in [0.2, 0.25) is 5.02 Å². The van der Waals surface area contributed by atoms with Crippen molar-refractivity contribution >= 4 is 17.2 Å². The van der Waals surface area contributed by atoms with Crippen molar-refractivity contribution in [3.63, 3.8) is 0 Å². The second kappa shape index (κ2) is 10.7. The standard InChI is InChI=1S/C30H33ClN2O3/c1-30(2,34)22-9-12-29-27(17-22)25(26-5-3-14-32-28(26)20-36-29)6-4-15-33-16-13-24(18-33)35-19-21-7-10-23(31)11-8-21/h3,5-12,14,17,24,34H,4,13,15-16,18-20H2,1-2H3/b25-6+/t24-/m1/s1. The zero-order valence-electron chi connectivity index (χ0n) is 20.9. The molecule has 1 saturated heterocycles. The van der Waals surface area contributed by atoms with Crippen LogP contribution in [0.3, 0.4) is 0 Å². The highest BCUT2D eigenvalue weighted by Crippen LogP contribution is 2.38. The molecule has 36 heavy (non-hydrogen) atoms. The highest BCUT2D eigenvalue weighted by molar-refractivity contribution is 6.30. The molecule has 1 fully saturated rings. The number of ether oxygens (including phenoxy) is 2. The number of pyridine rings is 1. The molecule has 2 aliphatic heterocycles. The number of nitrogens with zero attached hydrogens (tertiary/aromatic N) is 2. The summed E-state index contributed by atoms with van der Waals surface area (Å²) >= 11 is 5.98. The first kappa shape index (κ1) is 25.0. The quantitative estimate of drug-likeness (QED) is 0.429. The van der Waals surface area contributed by atoms with Crippen LogP contribution in [0.25, 0.3) is 5.57 Å². The summed E-state index contributed by atoms with van der Waals surface area (Å²) in [6, 6.07) is 17.9. The van der Waals surface area contributed by atoms with Crippen molar-refractivity contribution in [1.82, 2.24) is 9.88 Å². The van der Waals surface area contributed by atoms with E-state index in [-0.39, 0.29) is 6.10 Å². The lowest BCUT2D eigenvalue weighted by molar-refractivity contribution is 0.0468. The average molecular weight is 505 g/mol. The first-order valence-electron chi connectivity index (χ1n) is 12.6. The van der Waals surface area contributed by atoms with E-state index in [1.807, 2.05) is 62.5 Å². The average Bonchev–Trinajstić information content (AvgIpc) is 3.26. The summed E-state index contributed by atoms with van der Waals surface area (Å²) in [4.78, 5) is 7.05. The molecule has 0 spiro atoms. The molecule has 188 valence electrons. The molecule has 0 saturated carbocycles. The lowest BCUT2D eigenvalue weighted by Gasteiger charge is -2.20. The maximum absolute atomic E-state index is 10.6. The number of likely N-dealkylation sites (tertiary alicyclic amines) is 1. The molecule has 1 atom stereocenters. The van der Waals surface area contributed by atoms with E-state index in [0.717, 1.165) is 76.8 Å². The predicted octanol–water partition coefficient (Wildman–Crippen LogP) is 5.97. The van der Waals surface area contributed by atoms with Gasteiger partial charge in [-0.05, 0) is 73.7 Å². The van der Waals surface area contributed by atoms with Gasteiger partial charge < -0.3 is 19.5 Å². The third kappa shape index (κ3) is 5.81. The highest BCUT2D eigenvalue weighted by atomic mass is 35.5. The van der Waals surface area contributed by atoms with Gasteiger partial charge in [0.1, 0.15) is 12.4 Å². The number of rotatable bonds is 7. The van der Waals surface area contributed by atoms with E-state index in [1.165, 1.54) is 0 Å². The van der Waals surface area contributed by atoms with Gasteiger partial charge in [0.05, 0.1) is 24.0 Å². The molecule has 2 aromatic carbocycles. The van der Waals surface area contributed by atoms with E-state index in [1.54, 1.807) is 0 Å². The molecule has 2 aliphatic rings. The molecular weight excluding hydrogens is 472 g/mol. The first-order valence-corrected chi connectivity index (χ1v) is 13.0. The third-order valence-corrected chi connectivity index (χ3v) is 7.19. The summed E-state index contributed by atoms with van der Waals surface area (Å²) in [6.45, 7) is 7.60. The van der Waals surface area contributed by atoms with Crippen LogP contribution in [0, 0.1) is 0 Å². The van der Waals surface area contributed by atoms with Crippen molar-refractivity contribution in [3.8, 4) is 5.75 Å². The molecule has 1 aromatic heterocycles. The Morgan fingerprint density at radius 3 is 2.81 bits per heavy atom. The van der Waals surface area contributed by atoms with Crippen LogP contribution in [0.5, 0.6) is 5.75 Å². The van der Waals surface area contributed by atoms with E-state index < -0.39 is 5.60 Å². The molecule has 5 nitrogen and oxygen atoms in total. The Hall–Kier alpha value is -2.70.